The molecule has 0 aromatic heterocycles. The van der Waals surface area contributed by atoms with Crippen LogP contribution in [0.1, 0.15) is 18.4 Å². The minimum absolute atomic E-state index is 0.0772. The number of benzene rings is 1. The third-order valence-electron chi connectivity index (χ3n) is 3.21. The average Bonchev–Trinajstić information content (AvgIpc) is 3.13. The number of carbonyl (C=O) groups is 2. The van der Waals surface area contributed by atoms with Gasteiger partial charge in [-0.3, -0.25) is 9.59 Å². The number of hydrogen-bond donors (Lipinski definition) is 3. The first kappa shape index (κ1) is 12.6. The predicted octanol–water partition coefficient (Wildman–Crippen LogP) is 1.02. The average molecular weight is 249 g/mol. The van der Waals surface area contributed by atoms with E-state index in [1.54, 1.807) is 24.3 Å². The monoisotopic (exact) mass is 249 g/mol. The van der Waals surface area contributed by atoms with E-state index in [2.05, 4.69) is 5.32 Å². The van der Waals surface area contributed by atoms with Crippen molar-refractivity contribution in [2.24, 2.45) is 5.41 Å². The van der Waals surface area contributed by atoms with Gasteiger partial charge in [-0.15, -0.1) is 0 Å². The van der Waals surface area contributed by atoms with Crippen LogP contribution in [0.3, 0.4) is 0 Å². The zero-order chi connectivity index (χ0) is 13.2. The summed E-state index contributed by atoms with van der Waals surface area (Å²) < 4.78 is 0. The number of carbonyl (C=O) groups excluding carboxylic acids is 1. The molecule has 5 heteroatoms. The predicted molar refractivity (Wildman–Crippen MR) is 65.2 cm³/mol. The zero-order valence-electron chi connectivity index (χ0n) is 9.85. The number of carboxylic acid groups (broad SMARTS) is 1. The van der Waals surface area contributed by atoms with Crippen LogP contribution in [0.25, 0.3) is 0 Å². The quantitative estimate of drug-likeness (QED) is 0.680. The third kappa shape index (κ3) is 2.36. The highest BCUT2D eigenvalue weighted by atomic mass is 16.4. The molecule has 1 saturated carbocycles. The molecule has 1 amide bonds. The van der Waals surface area contributed by atoms with Crippen LogP contribution in [-0.4, -0.2) is 28.7 Å². The van der Waals surface area contributed by atoms with Gasteiger partial charge in [0, 0.05) is 12.3 Å². The van der Waals surface area contributed by atoms with Crippen LogP contribution < -0.4 is 5.32 Å². The van der Waals surface area contributed by atoms with Crippen molar-refractivity contribution < 1.29 is 19.8 Å². The minimum atomic E-state index is -1.22. The Morgan fingerprint density at radius 1 is 1.22 bits per heavy atom. The van der Waals surface area contributed by atoms with Gasteiger partial charge in [0.1, 0.15) is 5.41 Å². The van der Waals surface area contributed by atoms with Crippen LogP contribution in [0.15, 0.2) is 24.3 Å². The minimum Gasteiger partial charge on any atom is -0.480 e. The molecule has 0 saturated heterocycles. The Morgan fingerprint density at radius 3 is 2.28 bits per heavy atom. The number of hydrogen-bond acceptors (Lipinski definition) is 3. The van der Waals surface area contributed by atoms with Gasteiger partial charge in [0.25, 0.3) is 0 Å². The molecule has 0 atom stereocenters. The Labute approximate surface area is 104 Å². The highest BCUT2D eigenvalue weighted by Gasteiger charge is 2.57. The van der Waals surface area contributed by atoms with Gasteiger partial charge in [0.05, 0.1) is 0 Å². The second kappa shape index (κ2) is 4.78. The van der Waals surface area contributed by atoms with Crippen LogP contribution in [0, 0.1) is 5.41 Å². The van der Waals surface area contributed by atoms with E-state index in [9.17, 15) is 9.59 Å². The highest BCUT2D eigenvalue weighted by molar-refractivity contribution is 6.10. The molecule has 0 aliphatic heterocycles. The Morgan fingerprint density at radius 2 is 1.83 bits per heavy atom. The third-order valence-corrected chi connectivity index (χ3v) is 3.21. The van der Waals surface area contributed by atoms with Crippen molar-refractivity contribution in [1.82, 2.24) is 0 Å². The smallest absolute Gasteiger partial charge is 0.319 e. The fraction of sp³-hybridized carbons (Fsp3) is 0.385. The van der Waals surface area contributed by atoms with Gasteiger partial charge in [0.15, 0.2) is 0 Å². The molecular weight excluding hydrogens is 234 g/mol. The number of aliphatic hydroxyl groups excluding tert-OH is 1. The summed E-state index contributed by atoms with van der Waals surface area (Å²) in [5.74, 6) is -1.51. The summed E-state index contributed by atoms with van der Waals surface area (Å²) in [6, 6.07) is 7.01. The second-order valence-electron chi connectivity index (χ2n) is 4.51. The Bertz CT molecular complexity index is 462. The van der Waals surface area contributed by atoms with E-state index >= 15 is 0 Å². The maximum atomic E-state index is 11.8. The van der Waals surface area contributed by atoms with Gasteiger partial charge in [0.2, 0.25) is 5.91 Å². The van der Waals surface area contributed by atoms with Gasteiger partial charge >= 0.3 is 5.97 Å². The van der Waals surface area contributed by atoms with Crippen LogP contribution in [-0.2, 0) is 16.0 Å². The number of amides is 1. The van der Waals surface area contributed by atoms with Crippen molar-refractivity contribution in [3.63, 3.8) is 0 Å². The molecule has 0 heterocycles. The standard InChI is InChI=1S/C13H15NO4/c15-8-5-9-1-3-10(4-2-9)14-11(16)13(6-7-13)12(17)18/h1-4,15H,5-8H2,(H,14,16)(H,17,18). The molecule has 0 unspecified atom stereocenters. The number of aliphatic hydroxyl groups is 1. The molecule has 18 heavy (non-hydrogen) atoms. The van der Waals surface area contributed by atoms with E-state index in [-0.39, 0.29) is 6.61 Å². The summed E-state index contributed by atoms with van der Waals surface area (Å²) in [6.07, 6.45) is 1.36. The lowest BCUT2D eigenvalue weighted by atomic mass is 10.1. The fourth-order valence-electron chi connectivity index (χ4n) is 1.80. The van der Waals surface area contributed by atoms with Crippen LogP contribution in [0.5, 0.6) is 0 Å². The first-order valence-electron chi connectivity index (χ1n) is 5.83. The van der Waals surface area contributed by atoms with Crippen molar-refractivity contribution in [3.8, 4) is 0 Å². The number of aliphatic carboxylic acids is 1. The molecule has 2 rings (SSSR count). The second-order valence-corrected chi connectivity index (χ2v) is 4.51. The number of anilines is 1. The maximum absolute atomic E-state index is 11.8. The molecule has 1 aliphatic rings. The van der Waals surface area contributed by atoms with Crippen molar-refractivity contribution in [1.29, 1.82) is 0 Å². The van der Waals surface area contributed by atoms with Crippen molar-refractivity contribution >= 4 is 17.6 Å². The van der Waals surface area contributed by atoms with Gasteiger partial charge in [-0.2, -0.15) is 0 Å². The maximum Gasteiger partial charge on any atom is 0.319 e. The van der Waals surface area contributed by atoms with E-state index in [1.165, 1.54) is 0 Å². The van der Waals surface area contributed by atoms with Gasteiger partial charge in [-0.05, 0) is 37.0 Å². The molecule has 1 aliphatic carbocycles. The molecule has 5 nitrogen and oxygen atoms in total. The molecule has 96 valence electrons. The summed E-state index contributed by atoms with van der Waals surface area (Å²) in [6.45, 7) is 0.0772. The van der Waals surface area contributed by atoms with Gasteiger partial charge < -0.3 is 15.5 Å². The summed E-state index contributed by atoms with van der Waals surface area (Å²) in [5, 5.41) is 20.4. The molecule has 1 fully saturated rings. The highest BCUT2D eigenvalue weighted by Crippen LogP contribution is 2.46. The normalized spacial score (nSPS) is 16.1. The van der Waals surface area contributed by atoms with E-state index in [1.807, 2.05) is 0 Å². The van der Waals surface area contributed by atoms with Crippen molar-refractivity contribution in [2.75, 3.05) is 11.9 Å². The SMILES string of the molecule is O=C(O)C1(C(=O)Nc2ccc(CCO)cc2)CC1. The molecule has 1 aromatic rings. The lowest BCUT2D eigenvalue weighted by Gasteiger charge is -2.11. The molecule has 3 N–H and O–H groups in total. The molecule has 0 radical (unpaired) electrons. The largest absolute Gasteiger partial charge is 0.480 e. The van der Waals surface area contributed by atoms with Gasteiger partial charge in [-0.1, -0.05) is 12.1 Å². The zero-order valence-corrected chi connectivity index (χ0v) is 9.85. The van der Waals surface area contributed by atoms with E-state index in [0.717, 1.165) is 5.56 Å². The number of rotatable bonds is 5. The van der Waals surface area contributed by atoms with Crippen LogP contribution in [0.4, 0.5) is 5.69 Å². The van der Waals surface area contributed by atoms with E-state index in [4.69, 9.17) is 10.2 Å². The Hall–Kier alpha value is -1.88. The molecule has 0 bridgehead atoms. The number of nitrogens with one attached hydrogen (secondary N) is 1. The first-order valence-corrected chi connectivity index (χ1v) is 5.83. The Kier molecular flexibility index (Phi) is 3.34. The Balaban J connectivity index is 2.01. The van der Waals surface area contributed by atoms with Crippen LogP contribution >= 0.6 is 0 Å². The molecule has 0 spiro atoms. The van der Waals surface area contributed by atoms with E-state index < -0.39 is 17.3 Å². The topological polar surface area (TPSA) is 86.6 Å². The number of carboxylic acids is 1. The first-order chi connectivity index (χ1) is 8.58. The van der Waals surface area contributed by atoms with Crippen LogP contribution in [0.2, 0.25) is 0 Å². The van der Waals surface area contributed by atoms with E-state index in [0.29, 0.717) is 24.9 Å². The summed E-state index contributed by atoms with van der Waals surface area (Å²) >= 11 is 0. The fourth-order valence-corrected chi connectivity index (χ4v) is 1.80. The van der Waals surface area contributed by atoms with Gasteiger partial charge in [-0.25, -0.2) is 0 Å². The van der Waals surface area contributed by atoms with Crippen molar-refractivity contribution in [3.05, 3.63) is 29.8 Å². The molecular formula is C13H15NO4. The molecule has 1 aromatic carbocycles. The summed E-state index contributed by atoms with van der Waals surface area (Å²) in [5.41, 5.74) is 0.327. The van der Waals surface area contributed by atoms with Crippen molar-refractivity contribution in [2.45, 2.75) is 19.3 Å². The summed E-state index contributed by atoms with van der Waals surface area (Å²) in [4.78, 5) is 22.8. The lowest BCUT2D eigenvalue weighted by molar-refractivity contribution is -0.147. The summed E-state index contributed by atoms with van der Waals surface area (Å²) in [7, 11) is 0. The lowest BCUT2D eigenvalue weighted by Crippen LogP contribution is -2.31.